The molecule has 8 nitrogen and oxygen atoms in total. The van der Waals surface area contributed by atoms with Gasteiger partial charge in [0.2, 0.25) is 0 Å². The van der Waals surface area contributed by atoms with Crippen molar-refractivity contribution in [3.8, 4) is 11.1 Å². The fourth-order valence-corrected chi connectivity index (χ4v) is 8.90. The van der Waals surface area contributed by atoms with E-state index in [-0.39, 0.29) is 0 Å². The normalized spacial score (nSPS) is 15.6. The van der Waals surface area contributed by atoms with Crippen LogP contribution in [-0.4, -0.2) is 44.3 Å². The van der Waals surface area contributed by atoms with Gasteiger partial charge in [-0.15, -0.1) is 0 Å². The predicted octanol–water partition coefficient (Wildman–Crippen LogP) is 12.3. The number of carbonyl (C=O) groups is 4. The summed E-state index contributed by atoms with van der Waals surface area (Å²) in [6.45, 7) is 11.7. The van der Waals surface area contributed by atoms with Crippen LogP contribution in [0.2, 0.25) is 0 Å². The number of rotatable bonds is 29. The van der Waals surface area contributed by atoms with E-state index in [9.17, 15) is 39.6 Å². The number of aryl methyl sites for hydroxylation is 4. The molecule has 0 saturated heterocycles. The van der Waals surface area contributed by atoms with Gasteiger partial charge in [0.15, 0.2) is 0 Å². The molecule has 8 heteroatoms. The second-order valence-electron chi connectivity index (χ2n) is 19.7. The van der Waals surface area contributed by atoms with E-state index in [0.717, 1.165) is 141 Å². The zero-order valence-electron chi connectivity index (χ0n) is 36.7. The molecule has 2 aliphatic carbocycles. The summed E-state index contributed by atoms with van der Waals surface area (Å²) >= 11 is 0. The first-order valence-corrected chi connectivity index (χ1v) is 22.5. The first-order valence-electron chi connectivity index (χ1n) is 22.5. The summed E-state index contributed by atoms with van der Waals surface area (Å²) in [7, 11) is 0. The average molecular weight is 803 g/mol. The molecule has 0 unspecified atom stereocenters. The molecule has 58 heavy (non-hydrogen) atoms. The number of hydrogen-bond donors (Lipinski definition) is 4. The third kappa shape index (κ3) is 13.2. The SMILES string of the molecule is Cc1cc(CCCCCC2(C(=O)O)CC2)cc(-c2cc(CCCCCC(C)(C)C(=O)O)cc(C)c2CCCCCC2(C(=O)O)CC2)c1CCCCCC(C)(C)C(=O)O. The second-order valence-corrected chi connectivity index (χ2v) is 19.7. The van der Waals surface area contributed by atoms with Crippen molar-refractivity contribution in [3.63, 3.8) is 0 Å². The minimum atomic E-state index is -0.754. The molecule has 2 aromatic rings. The van der Waals surface area contributed by atoms with E-state index in [0.29, 0.717) is 12.8 Å². The van der Waals surface area contributed by atoms with Crippen LogP contribution >= 0.6 is 0 Å². The van der Waals surface area contributed by atoms with Crippen molar-refractivity contribution in [3.05, 3.63) is 57.6 Å². The van der Waals surface area contributed by atoms with Crippen LogP contribution in [0, 0.1) is 35.5 Å². The molecule has 2 saturated carbocycles. The van der Waals surface area contributed by atoms with E-state index >= 15 is 0 Å². The number of hydrogen-bond acceptors (Lipinski definition) is 4. The molecule has 0 amide bonds. The highest BCUT2D eigenvalue weighted by Crippen LogP contribution is 2.51. The molecule has 322 valence electrons. The molecule has 0 heterocycles. The van der Waals surface area contributed by atoms with Gasteiger partial charge < -0.3 is 20.4 Å². The molecule has 2 aromatic carbocycles. The Bertz CT molecular complexity index is 1640. The Kier molecular flexibility index (Phi) is 16.6. The van der Waals surface area contributed by atoms with Gasteiger partial charge in [0, 0.05) is 0 Å². The molecule has 0 radical (unpaired) electrons. The first kappa shape index (κ1) is 47.0. The number of aliphatic carboxylic acids is 4. The Balaban J connectivity index is 1.59. The summed E-state index contributed by atoms with van der Waals surface area (Å²) in [4.78, 5) is 46.9. The predicted molar refractivity (Wildman–Crippen MR) is 231 cm³/mol. The lowest BCUT2D eigenvalue weighted by molar-refractivity contribution is -0.148. The molecule has 0 aliphatic heterocycles. The van der Waals surface area contributed by atoms with E-state index in [4.69, 9.17) is 0 Å². The molecule has 2 aliphatic rings. The Morgan fingerprint density at radius 2 is 0.810 bits per heavy atom. The summed E-state index contributed by atoms with van der Waals surface area (Å²) < 4.78 is 0. The fourth-order valence-electron chi connectivity index (χ4n) is 8.90. The van der Waals surface area contributed by atoms with Gasteiger partial charge in [0.1, 0.15) is 0 Å². The van der Waals surface area contributed by atoms with Gasteiger partial charge in [0.25, 0.3) is 0 Å². The monoisotopic (exact) mass is 803 g/mol. The summed E-state index contributed by atoms with van der Waals surface area (Å²) in [5.74, 6) is -2.79. The van der Waals surface area contributed by atoms with Gasteiger partial charge in [-0.3, -0.25) is 19.2 Å². The van der Waals surface area contributed by atoms with E-state index in [1.807, 2.05) is 0 Å². The van der Waals surface area contributed by atoms with E-state index in [1.54, 1.807) is 27.7 Å². The molecule has 0 spiro atoms. The molecule has 0 aromatic heterocycles. The van der Waals surface area contributed by atoms with Gasteiger partial charge in [-0.25, -0.2) is 0 Å². The number of carboxylic acid groups (broad SMARTS) is 4. The molecule has 2 fully saturated rings. The van der Waals surface area contributed by atoms with Crippen LogP contribution < -0.4 is 0 Å². The molecule has 0 bridgehead atoms. The maximum absolute atomic E-state index is 11.8. The van der Waals surface area contributed by atoms with Gasteiger partial charge in [-0.1, -0.05) is 75.6 Å². The zero-order valence-corrected chi connectivity index (χ0v) is 36.7. The van der Waals surface area contributed by atoms with Crippen LogP contribution in [0.15, 0.2) is 24.3 Å². The molecule has 4 N–H and O–H groups in total. The van der Waals surface area contributed by atoms with Gasteiger partial charge in [-0.05, 0) is 189 Å². The van der Waals surface area contributed by atoms with Crippen LogP contribution in [0.25, 0.3) is 11.1 Å². The number of carboxylic acids is 4. The number of unbranched alkanes of at least 4 members (excludes halogenated alkanes) is 8. The third-order valence-electron chi connectivity index (χ3n) is 13.8. The minimum Gasteiger partial charge on any atom is -0.481 e. The average Bonchev–Trinajstić information content (AvgIpc) is 4.09. The lowest BCUT2D eigenvalue weighted by atomic mass is 9.83. The topological polar surface area (TPSA) is 149 Å². The van der Waals surface area contributed by atoms with Gasteiger partial charge >= 0.3 is 23.9 Å². The highest BCUT2D eigenvalue weighted by atomic mass is 16.4. The van der Waals surface area contributed by atoms with Crippen molar-refractivity contribution in [1.82, 2.24) is 0 Å². The van der Waals surface area contributed by atoms with Crippen LogP contribution in [0.1, 0.15) is 189 Å². The smallest absolute Gasteiger partial charge is 0.309 e. The van der Waals surface area contributed by atoms with E-state index in [1.165, 1.54) is 44.5 Å². The highest BCUT2D eigenvalue weighted by Gasteiger charge is 2.50. The van der Waals surface area contributed by atoms with Crippen molar-refractivity contribution in [2.75, 3.05) is 0 Å². The van der Waals surface area contributed by atoms with Crippen molar-refractivity contribution in [2.45, 2.75) is 196 Å². The Labute approximate surface area is 348 Å². The van der Waals surface area contributed by atoms with Crippen molar-refractivity contribution >= 4 is 23.9 Å². The van der Waals surface area contributed by atoms with Crippen LogP contribution in [0.5, 0.6) is 0 Å². The quantitative estimate of drug-likeness (QED) is 0.0594. The number of benzene rings is 2. The summed E-state index contributed by atoms with van der Waals surface area (Å²) in [6.07, 6.45) is 21.2. The summed E-state index contributed by atoms with van der Waals surface area (Å²) in [5.41, 5.74) is 8.02. The minimum absolute atomic E-state index is 0.474. The van der Waals surface area contributed by atoms with Crippen molar-refractivity contribution in [1.29, 1.82) is 0 Å². The lowest BCUT2D eigenvalue weighted by Crippen LogP contribution is -2.23. The fraction of sp³-hybridized carbons (Fsp3) is 0.680. The maximum atomic E-state index is 11.8. The second kappa shape index (κ2) is 20.5. The molecule has 4 rings (SSSR count). The zero-order chi connectivity index (χ0) is 42.7. The van der Waals surface area contributed by atoms with Gasteiger partial charge in [-0.2, -0.15) is 0 Å². The Morgan fingerprint density at radius 1 is 0.483 bits per heavy atom. The van der Waals surface area contributed by atoms with Crippen molar-refractivity contribution in [2.24, 2.45) is 21.7 Å². The van der Waals surface area contributed by atoms with Crippen LogP contribution in [0.4, 0.5) is 0 Å². The Hall–Kier alpha value is -3.68. The van der Waals surface area contributed by atoms with E-state index in [2.05, 4.69) is 38.1 Å². The van der Waals surface area contributed by atoms with Gasteiger partial charge in [0.05, 0.1) is 21.7 Å². The van der Waals surface area contributed by atoms with E-state index < -0.39 is 45.5 Å². The molecular weight excluding hydrogens is 729 g/mol. The van der Waals surface area contributed by atoms with Crippen molar-refractivity contribution < 1.29 is 39.6 Å². The highest BCUT2D eigenvalue weighted by molar-refractivity contribution is 5.78. The standard InChI is InChI=1S/C50H74O8/c1-35-32-38(20-12-8-17-25-49(27-28-49)45(55)56)34-41(39(35)21-13-9-16-24-48(5,6)44(53)54)42-33-37(19-11-7-15-23-47(3,4)43(51)52)31-36(2)40(42)22-14-10-18-26-50(29-30-50)46(57)58/h31-34H,7-30H2,1-6H3,(H,51,52)(H,53,54)(H,55,56)(H,57,58). The molecular formula is C50H74O8. The van der Waals surface area contributed by atoms with Crippen LogP contribution in [0.3, 0.4) is 0 Å². The third-order valence-corrected chi connectivity index (χ3v) is 13.8. The first-order chi connectivity index (χ1) is 27.3. The maximum Gasteiger partial charge on any atom is 0.309 e. The Morgan fingerprint density at radius 3 is 1.12 bits per heavy atom. The lowest BCUT2D eigenvalue weighted by Gasteiger charge is -2.22. The largest absolute Gasteiger partial charge is 0.481 e. The van der Waals surface area contributed by atoms with Crippen LogP contribution in [-0.2, 0) is 44.9 Å². The summed E-state index contributed by atoms with van der Waals surface area (Å²) in [6, 6.07) is 9.51. The molecule has 0 atom stereocenters. The summed E-state index contributed by atoms with van der Waals surface area (Å²) in [5, 5.41) is 38.5.